The second kappa shape index (κ2) is 5.24. The lowest BCUT2D eigenvalue weighted by Crippen LogP contribution is -2.04. The molecular formula is C18H21N3. The number of nitrogens with two attached hydrogens (primary N) is 1. The van der Waals surface area contributed by atoms with Gasteiger partial charge in [0, 0.05) is 18.7 Å². The summed E-state index contributed by atoms with van der Waals surface area (Å²) in [5, 5.41) is 0. The molecule has 1 heterocycles. The van der Waals surface area contributed by atoms with Gasteiger partial charge >= 0.3 is 0 Å². The fourth-order valence-electron chi connectivity index (χ4n) is 2.68. The molecule has 2 N–H and O–H groups in total. The lowest BCUT2D eigenvalue weighted by atomic mass is 10.1. The zero-order valence-corrected chi connectivity index (χ0v) is 12.9. The van der Waals surface area contributed by atoms with Crippen molar-refractivity contribution in [1.82, 2.24) is 9.55 Å². The van der Waals surface area contributed by atoms with E-state index >= 15 is 0 Å². The molecule has 0 unspecified atom stereocenters. The van der Waals surface area contributed by atoms with Gasteiger partial charge in [0.25, 0.3) is 0 Å². The quantitative estimate of drug-likeness (QED) is 0.740. The van der Waals surface area contributed by atoms with Gasteiger partial charge in [-0.3, -0.25) is 0 Å². The van der Waals surface area contributed by atoms with Gasteiger partial charge < -0.3 is 10.3 Å². The molecule has 3 heteroatoms. The SMILES string of the molecule is CCc1nc2cc(C)c(C)cc2n1Cc1ccc(N)cc1. The van der Waals surface area contributed by atoms with E-state index in [1.54, 1.807) is 0 Å². The molecule has 1 aromatic heterocycles. The van der Waals surface area contributed by atoms with Crippen molar-refractivity contribution in [2.75, 3.05) is 5.73 Å². The van der Waals surface area contributed by atoms with E-state index in [-0.39, 0.29) is 0 Å². The number of nitrogen functional groups attached to an aromatic ring is 1. The van der Waals surface area contributed by atoms with Crippen LogP contribution in [0.15, 0.2) is 36.4 Å². The highest BCUT2D eigenvalue weighted by Gasteiger charge is 2.11. The molecule has 0 aliphatic heterocycles. The Labute approximate surface area is 125 Å². The predicted molar refractivity (Wildman–Crippen MR) is 88.5 cm³/mol. The van der Waals surface area contributed by atoms with Gasteiger partial charge in [0.2, 0.25) is 0 Å². The third-order valence-corrected chi connectivity index (χ3v) is 4.08. The first kappa shape index (κ1) is 13.7. The Morgan fingerprint density at radius 1 is 1.05 bits per heavy atom. The van der Waals surface area contributed by atoms with E-state index in [1.165, 1.54) is 22.2 Å². The summed E-state index contributed by atoms with van der Waals surface area (Å²) in [5.41, 5.74) is 12.7. The van der Waals surface area contributed by atoms with Crippen LogP contribution in [-0.4, -0.2) is 9.55 Å². The molecule has 0 fully saturated rings. The summed E-state index contributed by atoms with van der Waals surface area (Å²) < 4.78 is 2.31. The second-order valence-electron chi connectivity index (χ2n) is 5.63. The van der Waals surface area contributed by atoms with Gasteiger partial charge in [0.15, 0.2) is 0 Å². The van der Waals surface area contributed by atoms with Crippen molar-refractivity contribution < 1.29 is 0 Å². The molecule has 0 amide bonds. The van der Waals surface area contributed by atoms with Crippen molar-refractivity contribution in [1.29, 1.82) is 0 Å². The number of hydrogen-bond acceptors (Lipinski definition) is 2. The summed E-state index contributed by atoms with van der Waals surface area (Å²) in [6.07, 6.45) is 0.932. The highest BCUT2D eigenvalue weighted by atomic mass is 15.1. The number of imidazole rings is 1. The Morgan fingerprint density at radius 2 is 1.71 bits per heavy atom. The van der Waals surface area contributed by atoms with Crippen molar-refractivity contribution in [2.24, 2.45) is 0 Å². The normalized spacial score (nSPS) is 11.2. The Bertz CT molecular complexity index is 782. The maximum atomic E-state index is 5.76. The summed E-state index contributed by atoms with van der Waals surface area (Å²) >= 11 is 0. The molecule has 0 bridgehead atoms. The molecule has 2 aromatic carbocycles. The lowest BCUT2D eigenvalue weighted by Gasteiger charge is -2.09. The molecule has 3 aromatic rings. The highest BCUT2D eigenvalue weighted by molar-refractivity contribution is 5.78. The number of aromatic nitrogens is 2. The van der Waals surface area contributed by atoms with Gasteiger partial charge in [-0.05, 0) is 54.8 Å². The van der Waals surface area contributed by atoms with Gasteiger partial charge in [-0.15, -0.1) is 0 Å². The number of fused-ring (bicyclic) bond motifs is 1. The minimum Gasteiger partial charge on any atom is -0.399 e. The van der Waals surface area contributed by atoms with Crippen LogP contribution in [0.25, 0.3) is 11.0 Å². The third kappa shape index (κ3) is 2.51. The first-order valence-corrected chi connectivity index (χ1v) is 7.39. The number of rotatable bonds is 3. The zero-order chi connectivity index (χ0) is 15.0. The fourth-order valence-corrected chi connectivity index (χ4v) is 2.68. The summed E-state index contributed by atoms with van der Waals surface area (Å²) in [7, 11) is 0. The van der Waals surface area contributed by atoms with Crippen LogP contribution in [0.5, 0.6) is 0 Å². The predicted octanol–water partition coefficient (Wildman–Crippen LogP) is 3.85. The van der Waals surface area contributed by atoms with E-state index < -0.39 is 0 Å². The van der Waals surface area contributed by atoms with Crippen LogP contribution in [0.1, 0.15) is 29.4 Å². The van der Waals surface area contributed by atoms with Gasteiger partial charge in [-0.2, -0.15) is 0 Å². The number of benzene rings is 2. The van der Waals surface area contributed by atoms with Crippen LogP contribution < -0.4 is 5.73 Å². The first-order valence-electron chi connectivity index (χ1n) is 7.39. The summed E-state index contributed by atoms with van der Waals surface area (Å²) in [5.74, 6) is 1.13. The van der Waals surface area contributed by atoms with Crippen LogP contribution >= 0.6 is 0 Å². The fraction of sp³-hybridized carbons (Fsp3) is 0.278. The lowest BCUT2D eigenvalue weighted by molar-refractivity contribution is 0.753. The van der Waals surface area contributed by atoms with Crippen LogP contribution in [0.3, 0.4) is 0 Å². The molecule has 0 radical (unpaired) electrons. The Hall–Kier alpha value is -2.29. The van der Waals surface area contributed by atoms with Crippen LogP contribution in [0.4, 0.5) is 5.69 Å². The highest BCUT2D eigenvalue weighted by Crippen LogP contribution is 2.22. The maximum Gasteiger partial charge on any atom is 0.109 e. The molecule has 0 saturated carbocycles. The summed E-state index contributed by atoms with van der Waals surface area (Å²) in [6, 6.07) is 12.5. The van der Waals surface area contributed by atoms with E-state index in [2.05, 4.69) is 49.6 Å². The van der Waals surface area contributed by atoms with E-state index in [0.29, 0.717) is 0 Å². The molecular weight excluding hydrogens is 258 g/mol. The molecule has 21 heavy (non-hydrogen) atoms. The minimum atomic E-state index is 0.802. The van der Waals surface area contributed by atoms with E-state index in [1.807, 2.05) is 12.1 Å². The van der Waals surface area contributed by atoms with Crippen molar-refractivity contribution in [3.05, 3.63) is 58.9 Å². The van der Waals surface area contributed by atoms with Gasteiger partial charge in [-0.1, -0.05) is 19.1 Å². The van der Waals surface area contributed by atoms with Crippen LogP contribution in [-0.2, 0) is 13.0 Å². The summed E-state index contributed by atoms with van der Waals surface area (Å²) in [4.78, 5) is 4.79. The number of hydrogen-bond donors (Lipinski definition) is 1. The molecule has 3 rings (SSSR count). The first-order chi connectivity index (χ1) is 10.1. The Morgan fingerprint density at radius 3 is 2.38 bits per heavy atom. The standard InChI is InChI=1S/C18H21N3/c1-4-18-20-16-9-12(2)13(3)10-17(16)21(18)11-14-5-7-15(19)8-6-14/h5-10H,4,11,19H2,1-3H3. The molecule has 0 saturated heterocycles. The minimum absolute atomic E-state index is 0.802. The number of anilines is 1. The van der Waals surface area contributed by atoms with E-state index in [0.717, 1.165) is 30.0 Å². The zero-order valence-electron chi connectivity index (χ0n) is 12.9. The molecule has 108 valence electrons. The van der Waals surface area contributed by atoms with Crippen LogP contribution in [0, 0.1) is 13.8 Å². The van der Waals surface area contributed by atoms with Crippen molar-refractivity contribution in [3.63, 3.8) is 0 Å². The average molecular weight is 279 g/mol. The van der Waals surface area contributed by atoms with E-state index in [9.17, 15) is 0 Å². The Kier molecular flexibility index (Phi) is 3.42. The largest absolute Gasteiger partial charge is 0.399 e. The molecule has 0 aliphatic rings. The number of aryl methyl sites for hydroxylation is 3. The smallest absolute Gasteiger partial charge is 0.109 e. The van der Waals surface area contributed by atoms with Crippen LogP contribution in [0.2, 0.25) is 0 Å². The average Bonchev–Trinajstić information content (AvgIpc) is 2.79. The van der Waals surface area contributed by atoms with E-state index in [4.69, 9.17) is 10.7 Å². The summed E-state index contributed by atoms with van der Waals surface area (Å²) in [6.45, 7) is 7.28. The van der Waals surface area contributed by atoms with Crippen molar-refractivity contribution >= 4 is 16.7 Å². The monoisotopic (exact) mass is 279 g/mol. The topological polar surface area (TPSA) is 43.8 Å². The molecule has 0 spiro atoms. The van der Waals surface area contributed by atoms with Gasteiger partial charge in [0.05, 0.1) is 11.0 Å². The molecule has 0 atom stereocenters. The van der Waals surface area contributed by atoms with Gasteiger partial charge in [0.1, 0.15) is 5.82 Å². The molecule has 0 aliphatic carbocycles. The second-order valence-corrected chi connectivity index (χ2v) is 5.63. The maximum absolute atomic E-state index is 5.76. The van der Waals surface area contributed by atoms with Gasteiger partial charge in [-0.25, -0.2) is 4.98 Å². The van der Waals surface area contributed by atoms with Crippen molar-refractivity contribution in [2.45, 2.75) is 33.7 Å². The third-order valence-electron chi connectivity index (χ3n) is 4.08. The van der Waals surface area contributed by atoms with Crippen molar-refractivity contribution in [3.8, 4) is 0 Å². The molecule has 3 nitrogen and oxygen atoms in total. The number of nitrogens with zero attached hydrogens (tertiary/aromatic N) is 2. The Balaban J connectivity index is 2.11.